The molecule has 0 saturated heterocycles. The Morgan fingerprint density at radius 2 is 2.29 bits per heavy atom. The van der Waals surface area contributed by atoms with Crippen LogP contribution in [0.2, 0.25) is 5.02 Å². The number of hydrogen-bond acceptors (Lipinski definition) is 3. The van der Waals surface area contributed by atoms with Gasteiger partial charge in [-0.3, -0.25) is 5.10 Å². The number of nitrogens with one attached hydrogen (secondary N) is 1. The summed E-state index contributed by atoms with van der Waals surface area (Å²) in [7, 11) is 0. The van der Waals surface area contributed by atoms with E-state index in [2.05, 4.69) is 10.2 Å². The van der Waals surface area contributed by atoms with Crippen molar-refractivity contribution in [3.63, 3.8) is 0 Å². The fourth-order valence-corrected chi connectivity index (χ4v) is 2.25. The van der Waals surface area contributed by atoms with Crippen molar-refractivity contribution >= 4 is 35.2 Å². The van der Waals surface area contributed by atoms with Crippen LogP contribution in [0.3, 0.4) is 0 Å². The van der Waals surface area contributed by atoms with Crippen molar-refractivity contribution in [1.82, 2.24) is 10.2 Å². The maximum Gasteiger partial charge on any atom is 0.176 e. The summed E-state index contributed by atoms with van der Waals surface area (Å²) in [5.74, 6) is -0.363. The van der Waals surface area contributed by atoms with Crippen molar-refractivity contribution in [2.45, 2.75) is 0 Å². The first kappa shape index (κ1) is 9.76. The Balaban J connectivity index is 2.57. The van der Waals surface area contributed by atoms with Gasteiger partial charge in [-0.05, 0) is 30.4 Å². The first-order valence-corrected chi connectivity index (χ1v) is 5.28. The average molecular weight is 247 g/mol. The van der Waals surface area contributed by atoms with E-state index in [9.17, 15) is 4.39 Å². The lowest BCUT2D eigenvalue weighted by molar-refractivity contribution is 0.628. The molecule has 2 nitrogen and oxygen atoms in total. The summed E-state index contributed by atoms with van der Waals surface area (Å²) >= 11 is 12.0. The molecule has 0 aliphatic heterocycles. The topological polar surface area (TPSA) is 28.7 Å². The third-order valence-electron chi connectivity index (χ3n) is 1.60. The molecule has 1 heterocycles. The second kappa shape index (κ2) is 3.76. The summed E-state index contributed by atoms with van der Waals surface area (Å²) < 4.78 is 13.3. The second-order valence-electron chi connectivity index (χ2n) is 2.54. The highest BCUT2D eigenvalue weighted by Crippen LogP contribution is 2.29. The zero-order chi connectivity index (χ0) is 10.1. The zero-order valence-corrected chi connectivity index (χ0v) is 9.14. The monoisotopic (exact) mass is 246 g/mol. The molecule has 0 fully saturated rings. The van der Waals surface area contributed by atoms with Gasteiger partial charge in [0.25, 0.3) is 0 Å². The van der Waals surface area contributed by atoms with E-state index in [0.29, 0.717) is 19.5 Å². The standard InChI is InChI=1S/C8H4ClFN2S2/c9-6-3-4(10)1-2-5(6)7-11-12-8(13)14-7/h1-3H,(H,12,13). The molecule has 0 saturated carbocycles. The van der Waals surface area contributed by atoms with Crippen molar-refractivity contribution in [2.24, 2.45) is 0 Å². The molecule has 0 bridgehead atoms. The fraction of sp³-hybridized carbons (Fsp3) is 0. The number of nitrogens with zero attached hydrogens (tertiary/aromatic N) is 1. The van der Waals surface area contributed by atoms with E-state index < -0.39 is 0 Å². The molecule has 6 heteroatoms. The molecule has 0 aliphatic carbocycles. The molecule has 1 aromatic heterocycles. The minimum absolute atomic E-state index is 0.336. The van der Waals surface area contributed by atoms with Gasteiger partial charge in [0.1, 0.15) is 10.8 Å². The van der Waals surface area contributed by atoms with Gasteiger partial charge in [0.15, 0.2) is 3.95 Å². The van der Waals surface area contributed by atoms with Crippen LogP contribution in [0.5, 0.6) is 0 Å². The van der Waals surface area contributed by atoms with Gasteiger partial charge >= 0.3 is 0 Å². The largest absolute Gasteiger partial charge is 0.258 e. The van der Waals surface area contributed by atoms with Crippen LogP contribution in [0.25, 0.3) is 10.6 Å². The first-order chi connectivity index (χ1) is 6.66. The van der Waals surface area contributed by atoms with E-state index >= 15 is 0 Å². The molecule has 14 heavy (non-hydrogen) atoms. The molecule has 72 valence electrons. The Morgan fingerprint density at radius 3 is 2.86 bits per heavy atom. The molecule has 1 N–H and O–H groups in total. The van der Waals surface area contributed by atoms with Gasteiger partial charge in [-0.15, -0.1) is 0 Å². The van der Waals surface area contributed by atoms with E-state index in [-0.39, 0.29) is 5.82 Å². The van der Waals surface area contributed by atoms with Crippen LogP contribution in [0.4, 0.5) is 4.39 Å². The summed E-state index contributed by atoms with van der Waals surface area (Å²) in [5, 5.41) is 7.60. The minimum Gasteiger partial charge on any atom is -0.258 e. The number of aromatic amines is 1. The van der Waals surface area contributed by atoms with Crippen molar-refractivity contribution in [3.05, 3.63) is 33.0 Å². The summed E-state index contributed by atoms with van der Waals surface area (Å²) in [5.41, 5.74) is 0.686. The third-order valence-corrected chi connectivity index (χ3v) is 3.03. The molecule has 2 aromatic rings. The normalized spacial score (nSPS) is 10.4. The number of rotatable bonds is 1. The molecule has 0 amide bonds. The number of aromatic nitrogens is 2. The Hall–Kier alpha value is -0.780. The second-order valence-corrected chi connectivity index (χ2v) is 4.62. The number of benzene rings is 1. The number of hydrogen-bond donors (Lipinski definition) is 1. The van der Waals surface area contributed by atoms with Crippen LogP contribution in [0.1, 0.15) is 0 Å². The van der Waals surface area contributed by atoms with E-state index in [4.69, 9.17) is 23.8 Å². The van der Waals surface area contributed by atoms with Crippen LogP contribution < -0.4 is 0 Å². The minimum atomic E-state index is -0.363. The average Bonchev–Trinajstić information content (AvgIpc) is 2.51. The quantitative estimate of drug-likeness (QED) is 0.778. The van der Waals surface area contributed by atoms with E-state index in [1.165, 1.54) is 23.5 Å². The van der Waals surface area contributed by atoms with Crippen molar-refractivity contribution < 1.29 is 4.39 Å². The van der Waals surface area contributed by atoms with Crippen LogP contribution in [-0.4, -0.2) is 10.2 Å². The van der Waals surface area contributed by atoms with E-state index in [0.717, 1.165) is 0 Å². The molecule has 2 rings (SSSR count). The summed E-state index contributed by atoms with van der Waals surface area (Å²) in [6, 6.07) is 4.17. The lowest BCUT2D eigenvalue weighted by atomic mass is 10.2. The first-order valence-electron chi connectivity index (χ1n) is 3.68. The summed E-state index contributed by atoms with van der Waals surface area (Å²) in [4.78, 5) is 0. The SMILES string of the molecule is Fc1ccc(-c2n[nH]c(=S)s2)c(Cl)c1. The highest BCUT2D eigenvalue weighted by molar-refractivity contribution is 7.73. The van der Waals surface area contributed by atoms with Gasteiger partial charge in [0.05, 0.1) is 5.02 Å². The Bertz CT molecular complexity index is 520. The maximum absolute atomic E-state index is 12.7. The molecule has 1 aromatic carbocycles. The van der Waals surface area contributed by atoms with Gasteiger partial charge in [0, 0.05) is 5.56 Å². The molecular formula is C8H4ClFN2S2. The highest BCUT2D eigenvalue weighted by atomic mass is 35.5. The summed E-state index contributed by atoms with van der Waals surface area (Å²) in [6.45, 7) is 0. The van der Waals surface area contributed by atoms with Crippen molar-refractivity contribution in [2.75, 3.05) is 0 Å². The fourth-order valence-electron chi connectivity index (χ4n) is 1.01. The van der Waals surface area contributed by atoms with E-state index in [1.54, 1.807) is 6.07 Å². The Labute approximate surface area is 93.4 Å². The zero-order valence-electron chi connectivity index (χ0n) is 6.75. The lowest BCUT2D eigenvalue weighted by Gasteiger charge is -1.98. The molecule has 0 atom stereocenters. The van der Waals surface area contributed by atoms with Gasteiger partial charge in [-0.1, -0.05) is 22.9 Å². The van der Waals surface area contributed by atoms with Crippen molar-refractivity contribution in [3.8, 4) is 10.6 Å². The van der Waals surface area contributed by atoms with Crippen molar-refractivity contribution in [1.29, 1.82) is 0 Å². The number of halogens is 2. The van der Waals surface area contributed by atoms with Gasteiger partial charge in [-0.2, -0.15) is 5.10 Å². The smallest absolute Gasteiger partial charge is 0.176 e. The molecule has 0 aliphatic rings. The van der Waals surface area contributed by atoms with Gasteiger partial charge < -0.3 is 0 Å². The Kier molecular flexibility index (Phi) is 2.62. The highest BCUT2D eigenvalue weighted by Gasteiger charge is 2.07. The summed E-state index contributed by atoms with van der Waals surface area (Å²) in [6.07, 6.45) is 0. The lowest BCUT2D eigenvalue weighted by Crippen LogP contribution is -1.80. The molecule has 0 unspecified atom stereocenters. The van der Waals surface area contributed by atoms with Crippen LogP contribution in [-0.2, 0) is 0 Å². The van der Waals surface area contributed by atoms with Gasteiger partial charge in [-0.25, -0.2) is 4.39 Å². The van der Waals surface area contributed by atoms with E-state index in [1.807, 2.05) is 0 Å². The maximum atomic E-state index is 12.7. The Morgan fingerprint density at radius 1 is 1.50 bits per heavy atom. The van der Waals surface area contributed by atoms with Gasteiger partial charge in [0.2, 0.25) is 0 Å². The predicted molar refractivity (Wildman–Crippen MR) is 57.7 cm³/mol. The predicted octanol–water partition coefficient (Wildman–Crippen LogP) is 3.66. The third kappa shape index (κ3) is 1.84. The van der Waals surface area contributed by atoms with Crippen LogP contribution in [0.15, 0.2) is 18.2 Å². The van der Waals surface area contributed by atoms with Crippen LogP contribution >= 0.6 is 35.2 Å². The number of H-pyrrole nitrogens is 1. The molecule has 0 radical (unpaired) electrons. The van der Waals surface area contributed by atoms with Crippen LogP contribution in [0, 0.1) is 9.77 Å². The molecular weight excluding hydrogens is 243 g/mol. The molecule has 0 spiro atoms.